The molecular weight excluding hydrogens is 222 g/mol. The largest absolute Gasteiger partial charge is 0.350 e. The van der Waals surface area contributed by atoms with E-state index in [1.54, 1.807) is 17.8 Å². The molecule has 0 radical (unpaired) electrons. The zero-order valence-electron chi connectivity index (χ0n) is 6.97. The van der Waals surface area contributed by atoms with Gasteiger partial charge in [0.1, 0.15) is 4.60 Å². The highest BCUT2D eigenvalue weighted by Crippen LogP contribution is 2.09. The Bertz CT molecular complexity index is 295. The molecule has 0 saturated carbocycles. The van der Waals surface area contributed by atoms with Gasteiger partial charge in [0.15, 0.2) is 5.82 Å². The van der Waals surface area contributed by atoms with Crippen molar-refractivity contribution in [3.63, 3.8) is 0 Å². The molecule has 0 aliphatic heterocycles. The highest BCUT2D eigenvalue weighted by atomic mass is 79.9. The molecule has 0 aliphatic carbocycles. The Labute approximate surface area is 79.1 Å². The van der Waals surface area contributed by atoms with Gasteiger partial charge in [0, 0.05) is 13.6 Å². The number of nitrogens with one attached hydrogen (secondary N) is 1. The fourth-order valence-electron chi connectivity index (χ4n) is 0.839. The molecule has 0 bridgehead atoms. The van der Waals surface area contributed by atoms with Gasteiger partial charge in [-0.1, -0.05) is 0 Å². The number of hydrogen-bond acceptors (Lipinski definition) is 2. The molecule has 0 saturated heterocycles. The summed E-state index contributed by atoms with van der Waals surface area (Å²) in [6.45, 7) is 2.49. The Hall–Kier alpha value is -0.840. The Morgan fingerprint density at radius 1 is 1.83 bits per heavy atom. The van der Waals surface area contributed by atoms with E-state index in [0.717, 1.165) is 4.60 Å². The summed E-state index contributed by atoms with van der Waals surface area (Å²) in [6.07, 6.45) is 1.60. The summed E-state index contributed by atoms with van der Waals surface area (Å²) in [5, 5.41) is 2.67. The Morgan fingerprint density at radius 3 is 2.92 bits per heavy atom. The van der Waals surface area contributed by atoms with E-state index in [-0.39, 0.29) is 5.91 Å². The number of hydrogen-bond donors (Lipinski definition) is 1. The number of carbonyl (C=O) groups is 1. The van der Waals surface area contributed by atoms with Crippen molar-refractivity contribution in [2.24, 2.45) is 7.05 Å². The summed E-state index contributed by atoms with van der Waals surface area (Å²) in [5.74, 6) is 0.273. The molecule has 0 spiro atoms. The lowest BCUT2D eigenvalue weighted by molar-refractivity contribution is 0.0942. The van der Waals surface area contributed by atoms with Gasteiger partial charge in [0.25, 0.3) is 5.91 Å². The van der Waals surface area contributed by atoms with Crippen LogP contribution >= 0.6 is 15.9 Å². The fraction of sp³-hybridized carbons (Fsp3) is 0.429. The van der Waals surface area contributed by atoms with Crippen LogP contribution in [0.2, 0.25) is 0 Å². The van der Waals surface area contributed by atoms with Crippen LogP contribution in [0.15, 0.2) is 10.8 Å². The van der Waals surface area contributed by atoms with Crippen LogP contribution in [0.25, 0.3) is 0 Å². The molecule has 1 aromatic rings. The monoisotopic (exact) mass is 231 g/mol. The Balaban J connectivity index is 2.88. The number of amides is 1. The van der Waals surface area contributed by atoms with Crippen LogP contribution < -0.4 is 5.32 Å². The van der Waals surface area contributed by atoms with Gasteiger partial charge in [-0.25, -0.2) is 4.98 Å². The summed E-state index contributed by atoms with van der Waals surface area (Å²) in [6, 6.07) is 0. The zero-order chi connectivity index (χ0) is 9.14. The molecule has 0 fully saturated rings. The van der Waals surface area contributed by atoms with Gasteiger partial charge >= 0.3 is 0 Å². The maximum atomic E-state index is 11.3. The van der Waals surface area contributed by atoms with E-state index in [0.29, 0.717) is 12.4 Å². The maximum Gasteiger partial charge on any atom is 0.287 e. The number of rotatable bonds is 2. The number of aromatic nitrogens is 2. The minimum atomic E-state index is -0.147. The number of halogens is 1. The normalized spacial score (nSPS) is 9.92. The lowest BCUT2D eigenvalue weighted by Gasteiger charge is -2.01. The third-order valence-electron chi connectivity index (χ3n) is 1.47. The van der Waals surface area contributed by atoms with Gasteiger partial charge in [-0.05, 0) is 22.9 Å². The lowest BCUT2D eigenvalue weighted by Crippen LogP contribution is -2.25. The van der Waals surface area contributed by atoms with Gasteiger partial charge in [0.05, 0.1) is 6.20 Å². The first-order chi connectivity index (χ1) is 5.66. The second kappa shape index (κ2) is 3.71. The van der Waals surface area contributed by atoms with Crippen molar-refractivity contribution in [2.75, 3.05) is 6.54 Å². The van der Waals surface area contributed by atoms with Crippen LogP contribution in [0.4, 0.5) is 0 Å². The molecule has 0 aliphatic rings. The zero-order valence-corrected chi connectivity index (χ0v) is 8.55. The smallest absolute Gasteiger partial charge is 0.287 e. The fourth-order valence-corrected chi connectivity index (χ4v) is 1.11. The van der Waals surface area contributed by atoms with E-state index in [1.165, 1.54) is 0 Å². The van der Waals surface area contributed by atoms with Gasteiger partial charge in [0.2, 0.25) is 0 Å². The standard InChI is InChI=1S/C7H10BrN3O/c1-3-9-7(12)6-10-4-5(8)11(6)2/h4H,3H2,1-2H3,(H,9,12). The van der Waals surface area contributed by atoms with Crippen LogP contribution in [0, 0.1) is 0 Å². The van der Waals surface area contributed by atoms with Crippen molar-refractivity contribution in [2.45, 2.75) is 6.92 Å². The van der Waals surface area contributed by atoms with Gasteiger partial charge in [-0.2, -0.15) is 0 Å². The number of carbonyl (C=O) groups excluding carboxylic acids is 1. The topological polar surface area (TPSA) is 46.9 Å². The molecule has 1 rings (SSSR count). The van der Waals surface area contributed by atoms with Crippen molar-refractivity contribution < 1.29 is 4.79 Å². The molecular formula is C7H10BrN3O. The van der Waals surface area contributed by atoms with Crippen molar-refractivity contribution in [3.05, 3.63) is 16.6 Å². The summed E-state index contributed by atoms with van der Waals surface area (Å²) in [5.41, 5.74) is 0. The molecule has 1 amide bonds. The molecule has 66 valence electrons. The summed E-state index contributed by atoms with van der Waals surface area (Å²) in [7, 11) is 1.78. The number of imidazole rings is 1. The first-order valence-corrected chi connectivity index (χ1v) is 4.41. The predicted octanol–water partition coefficient (Wildman–Crippen LogP) is 0.932. The van der Waals surface area contributed by atoms with Crippen molar-refractivity contribution in [1.82, 2.24) is 14.9 Å². The van der Waals surface area contributed by atoms with Crippen LogP contribution in [0.1, 0.15) is 17.5 Å². The van der Waals surface area contributed by atoms with Crippen LogP contribution in [-0.2, 0) is 7.05 Å². The average molecular weight is 232 g/mol. The highest BCUT2D eigenvalue weighted by Gasteiger charge is 2.11. The van der Waals surface area contributed by atoms with E-state index in [1.807, 2.05) is 6.92 Å². The molecule has 0 aromatic carbocycles. The minimum absolute atomic E-state index is 0.147. The molecule has 12 heavy (non-hydrogen) atoms. The summed E-state index contributed by atoms with van der Waals surface area (Å²) >= 11 is 3.26. The van der Waals surface area contributed by atoms with Crippen molar-refractivity contribution in [3.8, 4) is 0 Å². The summed E-state index contributed by atoms with van der Waals surface area (Å²) < 4.78 is 2.48. The van der Waals surface area contributed by atoms with Crippen LogP contribution in [-0.4, -0.2) is 22.0 Å². The van der Waals surface area contributed by atoms with Crippen molar-refractivity contribution in [1.29, 1.82) is 0 Å². The first-order valence-electron chi connectivity index (χ1n) is 3.62. The van der Waals surface area contributed by atoms with Gasteiger partial charge in [-0.15, -0.1) is 0 Å². The maximum absolute atomic E-state index is 11.3. The van der Waals surface area contributed by atoms with E-state index < -0.39 is 0 Å². The Kier molecular flexibility index (Phi) is 2.86. The number of nitrogens with zero attached hydrogens (tertiary/aromatic N) is 2. The molecule has 1 aromatic heterocycles. The van der Waals surface area contributed by atoms with Crippen LogP contribution in [0.3, 0.4) is 0 Å². The quantitative estimate of drug-likeness (QED) is 0.824. The molecule has 5 heteroatoms. The third-order valence-corrected chi connectivity index (χ3v) is 2.21. The van der Waals surface area contributed by atoms with E-state index in [9.17, 15) is 4.79 Å². The highest BCUT2D eigenvalue weighted by molar-refractivity contribution is 9.10. The Morgan fingerprint density at radius 2 is 2.50 bits per heavy atom. The van der Waals surface area contributed by atoms with Crippen LogP contribution in [0.5, 0.6) is 0 Å². The van der Waals surface area contributed by atoms with E-state index in [4.69, 9.17) is 0 Å². The molecule has 1 heterocycles. The first kappa shape index (κ1) is 9.25. The second-order valence-electron chi connectivity index (χ2n) is 2.32. The third kappa shape index (κ3) is 1.66. The SMILES string of the molecule is CCNC(=O)c1ncc(Br)n1C. The lowest BCUT2D eigenvalue weighted by atomic mass is 10.5. The minimum Gasteiger partial charge on any atom is -0.350 e. The predicted molar refractivity (Wildman–Crippen MR) is 48.9 cm³/mol. The van der Waals surface area contributed by atoms with E-state index >= 15 is 0 Å². The van der Waals surface area contributed by atoms with Gasteiger partial charge < -0.3 is 9.88 Å². The average Bonchev–Trinajstić information content (AvgIpc) is 2.34. The summed E-state index contributed by atoms with van der Waals surface area (Å²) in [4.78, 5) is 15.2. The molecule has 1 N–H and O–H groups in total. The second-order valence-corrected chi connectivity index (χ2v) is 3.14. The molecule has 4 nitrogen and oxygen atoms in total. The molecule has 0 unspecified atom stereocenters. The van der Waals surface area contributed by atoms with Crippen molar-refractivity contribution >= 4 is 21.8 Å². The van der Waals surface area contributed by atoms with E-state index in [2.05, 4.69) is 26.2 Å². The molecule has 0 atom stereocenters. The van der Waals surface area contributed by atoms with Gasteiger partial charge in [-0.3, -0.25) is 4.79 Å².